The van der Waals surface area contributed by atoms with E-state index in [1.165, 1.54) is 0 Å². The highest BCUT2D eigenvalue weighted by molar-refractivity contribution is 5.95. The molecule has 21 heavy (non-hydrogen) atoms. The van der Waals surface area contributed by atoms with E-state index >= 15 is 0 Å². The van der Waals surface area contributed by atoms with E-state index in [2.05, 4.69) is 5.32 Å². The smallest absolute Gasteiger partial charge is 0.252 e. The van der Waals surface area contributed by atoms with Gasteiger partial charge >= 0.3 is 0 Å². The van der Waals surface area contributed by atoms with Gasteiger partial charge in [-0.05, 0) is 25.0 Å². The van der Waals surface area contributed by atoms with E-state index in [1.54, 1.807) is 4.90 Å². The lowest BCUT2D eigenvalue weighted by atomic mass is 10.1. The second kappa shape index (κ2) is 7.22. The highest BCUT2D eigenvalue weighted by atomic mass is 16.5. The van der Waals surface area contributed by atoms with Crippen molar-refractivity contribution in [3.63, 3.8) is 0 Å². The molecule has 1 N–H and O–H groups in total. The van der Waals surface area contributed by atoms with Crippen LogP contribution in [0.15, 0.2) is 24.3 Å². The van der Waals surface area contributed by atoms with Gasteiger partial charge in [-0.25, -0.2) is 0 Å². The van der Waals surface area contributed by atoms with E-state index in [0.29, 0.717) is 19.7 Å². The molecule has 5 heteroatoms. The summed E-state index contributed by atoms with van der Waals surface area (Å²) in [4.78, 5) is 25.9. The molecular formula is C16H22N2O3. The summed E-state index contributed by atoms with van der Waals surface area (Å²) in [5.41, 5.74) is 1.89. The van der Waals surface area contributed by atoms with Gasteiger partial charge in [-0.1, -0.05) is 25.1 Å². The molecule has 0 bridgehead atoms. The number of ether oxygens (including phenoxy) is 1. The van der Waals surface area contributed by atoms with Crippen LogP contribution >= 0.6 is 0 Å². The van der Waals surface area contributed by atoms with Gasteiger partial charge in [-0.3, -0.25) is 9.59 Å². The summed E-state index contributed by atoms with van der Waals surface area (Å²) in [6.07, 6.45) is 0.249. The van der Waals surface area contributed by atoms with E-state index in [-0.39, 0.29) is 18.2 Å². The van der Waals surface area contributed by atoms with Gasteiger partial charge in [0.05, 0.1) is 13.0 Å². The molecule has 1 aliphatic heterocycles. The lowest BCUT2D eigenvalue weighted by molar-refractivity contribution is -0.154. The Labute approximate surface area is 125 Å². The van der Waals surface area contributed by atoms with Crippen LogP contribution in [0.3, 0.4) is 0 Å². The van der Waals surface area contributed by atoms with Crippen molar-refractivity contribution in [2.75, 3.05) is 25.0 Å². The van der Waals surface area contributed by atoms with E-state index in [1.807, 2.05) is 38.1 Å². The number of para-hydroxylation sites is 1. The van der Waals surface area contributed by atoms with E-state index < -0.39 is 6.10 Å². The molecule has 1 saturated heterocycles. The Balaban J connectivity index is 1.97. The van der Waals surface area contributed by atoms with Crippen LogP contribution in [-0.2, 0) is 20.7 Å². The Morgan fingerprint density at radius 1 is 1.38 bits per heavy atom. The van der Waals surface area contributed by atoms with Crippen molar-refractivity contribution in [3.8, 4) is 0 Å². The highest BCUT2D eigenvalue weighted by Crippen LogP contribution is 2.17. The number of nitrogens with zero attached hydrogens (tertiary/aromatic N) is 1. The zero-order valence-electron chi connectivity index (χ0n) is 12.6. The largest absolute Gasteiger partial charge is 0.366 e. The van der Waals surface area contributed by atoms with Crippen LogP contribution in [0.25, 0.3) is 0 Å². The van der Waals surface area contributed by atoms with Crippen molar-refractivity contribution in [3.05, 3.63) is 29.8 Å². The molecule has 2 rings (SSSR count). The maximum absolute atomic E-state index is 12.1. The number of aryl methyl sites for hydroxylation is 1. The SMILES string of the molecule is CCc1ccccc1NC(=O)C[C@H]1OCCN(CC)C1=O. The van der Waals surface area contributed by atoms with Crippen LogP contribution in [-0.4, -0.2) is 42.5 Å². The number of likely N-dealkylation sites (N-methyl/N-ethyl adjacent to an activating group) is 1. The standard InChI is InChI=1S/C16H22N2O3/c1-3-12-7-5-6-8-13(12)17-15(19)11-14-16(20)18(4-2)9-10-21-14/h5-8,14H,3-4,9-11H2,1-2H3,(H,17,19)/t14-/m1/s1. The molecular weight excluding hydrogens is 268 g/mol. The fourth-order valence-corrected chi connectivity index (χ4v) is 2.47. The van der Waals surface area contributed by atoms with Crippen molar-refractivity contribution in [1.82, 2.24) is 4.90 Å². The number of amides is 2. The monoisotopic (exact) mass is 290 g/mol. The average Bonchev–Trinajstić information content (AvgIpc) is 2.50. The third-order valence-corrected chi connectivity index (χ3v) is 3.69. The molecule has 0 spiro atoms. The van der Waals surface area contributed by atoms with Crippen LogP contribution in [0.4, 0.5) is 5.69 Å². The number of hydrogen-bond donors (Lipinski definition) is 1. The lowest BCUT2D eigenvalue weighted by Crippen LogP contribution is -2.48. The summed E-state index contributed by atoms with van der Waals surface area (Å²) in [5, 5.41) is 2.87. The summed E-state index contributed by atoms with van der Waals surface area (Å²) in [6.45, 7) is 5.71. The first-order valence-corrected chi connectivity index (χ1v) is 7.43. The van der Waals surface area contributed by atoms with E-state index in [0.717, 1.165) is 17.7 Å². The molecule has 1 aliphatic rings. The fraction of sp³-hybridized carbons (Fsp3) is 0.500. The maximum atomic E-state index is 12.1. The van der Waals surface area contributed by atoms with Crippen molar-refractivity contribution in [2.24, 2.45) is 0 Å². The van der Waals surface area contributed by atoms with Gasteiger partial charge in [0.2, 0.25) is 5.91 Å². The van der Waals surface area contributed by atoms with Gasteiger partial charge in [0.25, 0.3) is 5.91 Å². The van der Waals surface area contributed by atoms with Gasteiger partial charge in [-0.2, -0.15) is 0 Å². The Morgan fingerprint density at radius 3 is 2.86 bits per heavy atom. The number of morpholine rings is 1. The third-order valence-electron chi connectivity index (χ3n) is 3.69. The van der Waals surface area contributed by atoms with Gasteiger partial charge < -0.3 is 15.0 Å². The van der Waals surface area contributed by atoms with Crippen molar-refractivity contribution >= 4 is 17.5 Å². The predicted molar refractivity (Wildman–Crippen MR) is 81.1 cm³/mol. The first-order valence-electron chi connectivity index (χ1n) is 7.43. The molecule has 114 valence electrons. The minimum atomic E-state index is -0.660. The second-order valence-electron chi connectivity index (χ2n) is 5.04. The predicted octanol–water partition coefficient (Wildman–Crippen LogP) is 1.82. The first-order chi connectivity index (χ1) is 10.2. The number of benzene rings is 1. The summed E-state index contributed by atoms with van der Waals surface area (Å²) in [7, 11) is 0. The molecule has 0 aliphatic carbocycles. The number of anilines is 1. The van der Waals surface area contributed by atoms with Crippen LogP contribution in [0.1, 0.15) is 25.8 Å². The van der Waals surface area contributed by atoms with Gasteiger partial charge in [0.15, 0.2) is 0 Å². The molecule has 5 nitrogen and oxygen atoms in total. The molecule has 2 amide bonds. The number of carbonyl (C=O) groups excluding carboxylic acids is 2. The molecule has 1 fully saturated rings. The minimum absolute atomic E-state index is 0.0629. The van der Waals surface area contributed by atoms with Gasteiger partial charge in [0.1, 0.15) is 6.10 Å². The number of nitrogens with one attached hydrogen (secondary N) is 1. The topological polar surface area (TPSA) is 58.6 Å². The maximum Gasteiger partial charge on any atom is 0.252 e. The molecule has 0 saturated carbocycles. The Morgan fingerprint density at radius 2 is 2.14 bits per heavy atom. The van der Waals surface area contributed by atoms with Crippen molar-refractivity contribution in [1.29, 1.82) is 0 Å². The van der Waals surface area contributed by atoms with E-state index in [9.17, 15) is 9.59 Å². The summed E-state index contributed by atoms with van der Waals surface area (Å²) < 4.78 is 5.44. The normalized spacial score (nSPS) is 18.7. The summed E-state index contributed by atoms with van der Waals surface area (Å²) in [6, 6.07) is 7.69. The Hall–Kier alpha value is -1.88. The molecule has 1 atom stereocenters. The Bertz CT molecular complexity index is 516. The minimum Gasteiger partial charge on any atom is -0.366 e. The van der Waals surface area contributed by atoms with E-state index in [4.69, 9.17) is 4.74 Å². The molecule has 1 heterocycles. The molecule has 0 aromatic heterocycles. The quantitative estimate of drug-likeness (QED) is 0.900. The highest BCUT2D eigenvalue weighted by Gasteiger charge is 2.30. The van der Waals surface area contributed by atoms with Crippen LogP contribution in [0, 0.1) is 0 Å². The number of carbonyl (C=O) groups is 2. The van der Waals surface area contributed by atoms with Crippen molar-refractivity contribution in [2.45, 2.75) is 32.8 Å². The van der Waals surface area contributed by atoms with Gasteiger partial charge in [-0.15, -0.1) is 0 Å². The van der Waals surface area contributed by atoms with Gasteiger partial charge in [0, 0.05) is 18.8 Å². The Kier molecular flexibility index (Phi) is 5.33. The zero-order chi connectivity index (χ0) is 15.2. The molecule has 0 unspecified atom stereocenters. The number of rotatable bonds is 5. The van der Waals surface area contributed by atoms with Crippen LogP contribution in [0.2, 0.25) is 0 Å². The summed E-state index contributed by atoms with van der Waals surface area (Å²) in [5.74, 6) is -0.283. The first kappa shape index (κ1) is 15.5. The molecule has 0 radical (unpaired) electrons. The van der Waals surface area contributed by atoms with Crippen LogP contribution < -0.4 is 5.32 Å². The lowest BCUT2D eigenvalue weighted by Gasteiger charge is -2.31. The fourth-order valence-electron chi connectivity index (χ4n) is 2.47. The zero-order valence-corrected chi connectivity index (χ0v) is 12.6. The van der Waals surface area contributed by atoms with Crippen molar-refractivity contribution < 1.29 is 14.3 Å². The number of hydrogen-bond acceptors (Lipinski definition) is 3. The second-order valence-corrected chi connectivity index (χ2v) is 5.04. The molecule has 1 aromatic rings. The van der Waals surface area contributed by atoms with Crippen LogP contribution in [0.5, 0.6) is 0 Å². The average molecular weight is 290 g/mol. The summed E-state index contributed by atoms with van der Waals surface area (Å²) >= 11 is 0. The third kappa shape index (κ3) is 3.82. The molecule has 1 aromatic carbocycles.